The molecule has 0 N–H and O–H groups in total. The van der Waals surface area contributed by atoms with Crippen molar-refractivity contribution in [3.8, 4) is 45.3 Å². The first-order valence-electron chi connectivity index (χ1n) is 21.3. The van der Waals surface area contributed by atoms with E-state index in [0.717, 1.165) is 67.6 Å². The van der Waals surface area contributed by atoms with Gasteiger partial charge >= 0.3 is 0 Å². The summed E-state index contributed by atoms with van der Waals surface area (Å²) in [6.07, 6.45) is 0. The standard InChI is InChI=1S/C58H36BNO2/c1-3-15-41-31-45(27-23-37(41)11-1)60(46-28-24-38-12-2-4-16-42(38)32-46)47-35-56-58-57(36-47)62-55-34-44(51-22-10-18-40-14-6-8-20-49(40)51)26-30-53(55)59(58)52-29-25-43(33-54(52)61-56)50-21-9-17-39-13-5-7-19-48(39)50/h1-36H. The van der Waals surface area contributed by atoms with Gasteiger partial charge in [-0.15, -0.1) is 0 Å². The maximum absolute atomic E-state index is 7.15. The van der Waals surface area contributed by atoms with Crippen molar-refractivity contribution in [1.29, 1.82) is 0 Å². The van der Waals surface area contributed by atoms with Crippen LogP contribution in [0.2, 0.25) is 0 Å². The highest BCUT2D eigenvalue weighted by Crippen LogP contribution is 2.45. The van der Waals surface area contributed by atoms with Crippen LogP contribution in [0.5, 0.6) is 23.0 Å². The minimum absolute atomic E-state index is 0.0977. The molecule has 2 aliphatic rings. The predicted molar refractivity (Wildman–Crippen MR) is 260 cm³/mol. The number of hydrogen-bond donors (Lipinski definition) is 0. The Hall–Kier alpha value is -8.08. The summed E-state index contributed by atoms with van der Waals surface area (Å²) in [5, 5.41) is 9.60. The molecule has 0 unspecified atom stereocenters. The molecule has 0 aliphatic carbocycles. The van der Waals surface area contributed by atoms with Crippen LogP contribution >= 0.6 is 0 Å². The lowest BCUT2D eigenvalue weighted by atomic mass is 9.34. The predicted octanol–water partition coefficient (Wildman–Crippen LogP) is 13.8. The molecule has 0 atom stereocenters. The van der Waals surface area contributed by atoms with Crippen LogP contribution in [0.25, 0.3) is 65.3 Å². The van der Waals surface area contributed by atoms with Gasteiger partial charge in [-0.05, 0) is 113 Å². The lowest BCUT2D eigenvalue weighted by Crippen LogP contribution is -2.57. The molecule has 2 heterocycles. The van der Waals surface area contributed by atoms with Gasteiger partial charge in [-0.2, -0.15) is 0 Å². The minimum atomic E-state index is -0.0977. The van der Waals surface area contributed by atoms with Crippen LogP contribution < -0.4 is 30.8 Å². The highest BCUT2D eigenvalue weighted by Gasteiger charge is 2.41. The number of hydrogen-bond acceptors (Lipinski definition) is 3. The first-order valence-corrected chi connectivity index (χ1v) is 21.3. The Morgan fingerprint density at radius 3 is 1.24 bits per heavy atom. The molecule has 4 heteroatoms. The van der Waals surface area contributed by atoms with Crippen LogP contribution in [-0.2, 0) is 0 Å². The first kappa shape index (κ1) is 34.8. The average Bonchev–Trinajstić information content (AvgIpc) is 3.33. The minimum Gasteiger partial charge on any atom is -0.458 e. The van der Waals surface area contributed by atoms with Crippen molar-refractivity contribution in [3.05, 3.63) is 218 Å². The summed E-state index contributed by atoms with van der Waals surface area (Å²) in [5.74, 6) is 3.29. The van der Waals surface area contributed by atoms with Gasteiger partial charge in [-0.25, -0.2) is 0 Å². The van der Waals surface area contributed by atoms with Crippen molar-refractivity contribution in [2.75, 3.05) is 4.90 Å². The molecule has 3 nitrogen and oxygen atoms in total. The molecule has 13 rings (SSSR count). The van der Waals surface area contributed by atoms with Gasteiger partial charge in [-0.1, -0.05) is 170 Å². The van der Waals surface area contributed by atoms with E-state index in [1.807, 2.05) is 0 Å². The SMILES string of the molecule is c1ccc2cc(N(c3cc4c5c(c3)Oc3cc(-c6cccc7ccccc67)ccc3B5c3ccc(-c5cccc6ccccc56)cc3O4)c3ccc4ccccc4c3)ccc2c1. The molecule has 0 fully saturated rings. The van der Waals surface area contributed by atoms with Crippen LogP contribution in [0.3, 0.4) is 0 Å². The third kappa shape index (κ3) is 5.54. The molecule has 11 aromatic rings. The summed E-state index contributed by atoms with van der Waals surface area (Å²) in [5.41, 5.74) is 10.9. The Morgan fingerprint density at radius 2 is 0.742 bits per heavy atom. The van der Waals surface area contributed by atoms with E-state index in [2.05, 4.69) is 223 Å². The third-order valence-electron chi connectivity index (χ3n) is 12.9. The van der Waals surface area contributed by atoms with E-state index < -0.39 is 0 Å². The third-order valence-corrected chi connectivity index (χ3v) is 12.9. The van der Waals surface area contributed by atoms with E-state index in [1.54, 1.807) is 0 Å². The van der Waals surface area contributed by atoms with E-state index in [-0.39, 0.29) is 6.71 Å². The van der Waals surface area contributed by atoms with Gasteiger partial charge < -0.3 is 14.4 Å². The van der Waals surface area contributed by atoms with Gasteiger partial charge in [0.2, 0.25) is 0 Å². The quantitative estimate of drug-likeness (QED) is 0.162. The smallest absolute Gasteiger partial charge is 0.260 e. The van der Waals surface area contributed by atoms with E-state index in [0.29, 0.717) is 0 Å². The molecule has 0 spiro atoms. The topological polar surface area (TPSA) is 21.7 Å². The monoisotopic (exact) mass is 789 g/mol. The number of anilines is 3. The van der Waals surface area contributed by atoms with Crippen molar-refractivity contribution < 1.29 is 9.47 Å². The Balaban J connectivity index is 1.03. The normalized spacial score (nSPS) is 12.4. The highest BCUT2D eigenvalue weighted by molar-refractivity contribution is 6.98. The van der Waals surface area contributed by atoms with Gasteiger partial charge in [0.1, 0.15) is 23.0 Å². The van der Waals surface area contributed by atoms with Crippen molar-refractivity contribution in [1.82, 2.24) is 0 Å². The summed E-state index contributed by atoms with van der Waals surface area (Å²) in [4.78, 5) is 2.33. The van der Waals surface area contributed by atoms with Crippen LogP contribution in [0, 0.1) is 0 Å². The van der Waals surface area contributed by atoms with Crippen LogP contribution in [0.1, 0.15) is 0 Å². The van der Waals surface area contributed by atoms with Gasteiger partial charge in [0.25, 0.3) is 6.71 Å². The summed E-state index contributed by atoms with van der Waals surface area (Å²) in [6.45, 7) is -0.0977. The number of ether oxygens (including phenoxy) is 2. The van der Waals surface area contributed by atoms with E-state index in [1.165, 1.54) is 54.2 Å². The molecular formula is C58H36BNO2. The zero-order valence-electron chi connectivity index (χ0n) is 33.6. The van der Waals surface area contributed by atoms with Crippen LogP contribution in [0.15, 0.2) is 218 Å². The number of nitrogens with zero attached hydrogens (tertiary/aromatic N) is 1. The fourth-order valence-electron chi connectivity index (χ4n) is 9.98. The Bertz CT molecular complexity index is 3390. The fourth-order valence-corrected chi connectivity index (χ4v) is 9.98. The number of rotatable bonds is 5. The second-order valence-corrected chi connectivity index (χ2v) is 16.4. The van der Waals surface area contributed by atoms with Gasteiger partial charge in [-0.3, -0.25) is 0 Å². The molecule has 11 aromatic carbocycles. The van der Waals surface area contributed by atoms with Crippen molar-refractivity contribution in [2.24, 2.45) is 0 Å². The van der Waals surface area contributed by atoms with E-state index >= 15 is 0 Å². The molecule has 2 aliphatic heterocycles. The van der Waals surface area contributed by atoms with Crippen molar-refractivity contribution >= 4 is 83.3 Å². The highest BCUT2D eigenvalue weighted by atomic mass is 16.5. The van der Waals surface area contributed by atoms with E-state index in [4.69, 9.17) is 9.47 Å². The lowest BCUT2D eigenvalue weighted by Gasteiger charge is -2.35. The van der Waals surface area contributed by atoms with Crippen molar-refractivity contribution in [2.45, 2.75) is 0 Å². The van der Waals surface area contributed by atoms with Crippen molar-refractivity contribution in [3.63, 3.8) is 0 Å². The molecule has 62 heavy (non-hydrogen) atoms. The molecule has 0 amide bonds. The summed E-state index contributed by atoms with van der Waals surface area (Å²) in [7, 11) is 0. The second kappa shape index (κ2) is 13.7. The summed E-state index contributed by atoms with van der Waals surface area (Å²) in [6, 6.07) is 78.6. The van der Waals surface area contributed by atoms with E-state index in [9.17, 15) is 0 Å². The van der Waals surface area contributed by atoms with Gasteiger partial charge in [0.05, 0.1) is 5.69 Å². The molecule has 0 bridgehead atoms. The fraction of sp³-hybridized carbons (Fsp3) is 0. The molecule has 0 radical (unpaired) electrons. The van der Waals surface area contributed by atoms with Gasteiger partial charge in [0.15, 0.2) is 0 Å². The largest absolute Gasteiger partial charge is 0.458 e. The summed E-state index contributed by atoms with van der Waals surface area (Å²) < 4.78 is 14.3. The summed E-state index contributed by atoms with van der Waals surface area (Å²) >= 11 is 0. The zero-order chi connectivity index (χ0) is 40.7. The maximum atomic E-state index is 7.15. The Kier molecular flexibility index (Phi) is 7.70. The first-order chi connectivity index (χ1) is 30.7. The van der Waals surface area contributed by atoms with Crippen LogP contribution in [-0.4, -0.2) is 6.71 Å². The maximum Gasteiger partial charge on any atom is 0.260 e. The molecular weight excluding hydrogens is 753 g/mol. The average molecular weight is 790 g/mol. The van der Waals surface area contributed by atoms with Crippen LogP contribution in [0.4, 0.5) is 17.1 Å². The lowest BCUT2D eigenvalue weighted by molar-refractivity contribution is 0.465. The Labute approximate surface area is 359 Å². The zero-order valence-corrected chi connectivity index (χ0v) is 33.6. The Morgan fingerprint density at radius 1 is 0.306 bits per heavy atom. The molecule has 0 aromatic heterocycles. The molecule has 288 valence electrons. The molecule has 0 saturated heterocycles. The number of fused-ring (bicyclic) bond motifs is 8. The molecule has 0 saturated carbocycles. The second-order valence-electron chi connectivity index (χ2n) is 16.4. The van der Waals surface area contributed by atoms with Gasteiger partial charge in [0, 0.05) is 29.0 Å². The number of benzene rings is 11.